The van der Waals surface area contributed by atoms with E-state index in [1.807, 2.05) is 12.3 Å². The van der Waals surface area contributed by atoms with Crippen LogP contribution < -0.4 is 5.73 Å². The average molecular weight is 289 g/mol. The molecule has 108 valence electrons. The van der Waals surface area contributed by atoms with Crippen molar-refractivity contribution in [1.29, 1.82) is 0 Å². The third kappa shape index (κ3) is 3.11. The van der Waals surface area contributed by atoms with Crippen LogP contribution in [0.4, 0.5) is 0 Å². The van der Waals surface area contributed by atoms with E-state index in [-0.39, 0.29) is 5.92 Å². The predicted octanol–water partition coefficient (Wildman–Crippen LogP) is 3.96. The zero-order valence-corrected chi connectivity index (χ0v) is 13.2. The highest BCUT2D eigenvalue weighted by Crippen LogP contribution is 2.33. The summed E-state index contributed by atoms with van der Waals surface area (Å²) in [4.78, 5) is 0. The number of hydrogen-bond donors (Lipinski definition) is 2. The Morgan fingerprint density at radius 3 is 2.15 bits per heavy atom. The first-order valence-corrected chi connectivity index (χ1v) is 7.99. The molecule has 3 N–H and O–H groups in total. The van der Waals surface area contributed by atoms with E-state index in [1.165, 1.54) is 5.56 Å². The molecule has 0 saturated carbocycles. The zero-order chi connectivity index (χ0) is 14.7. The SMILES string of the molecule is Cc1cscc1C(O)C(CN)c1ccc(C(C)C)cc1. The summed E-state index contributed by atoms with van der Waals surface area (Å²) in [7, 11) is 0. The van der Waals surface area contributed by atoms with Crippen LogP contribution in [0.3, 0.4) is 0 Å². The molecule has 1 heterocycles. The van der Waals surface area contributed by atoms with Crippen molar-refractivity contribution >= 4 is 11.3 Å². The van der Waals surface area contributed by atoms with Crippen LogP contribution in [0.15, 0.2) is 35.0 Å². The molecule has 1 aromatic carbocycles. The number of nitrogens with two attached hydrogens (primary N) is 1. The summed E-state index contributed by atoms with van der Waals surface area (Å²) in [6.45, 7) is 6.83. The molecule has 0 saturated heterocycles. The van der Waals surface area contributed by atoms with Gasteiger partial charge in [0.15, 0.2) is 0 Å². The lowest BCUT2D eigenvalue weighted by atomic mass is 9.88. The van der Waals surface area contributed by atoms with Gasteiger partial charge in [-0.2, -0.15) is 11.3 Å². The maximum absolute atomic E-state index is 10.6. The quantitative estimate of drug-likeness (QED) is 0.875. The van der Waals surface area contributed by atoms with Crippen molar-refractivity contribution in [1.82, 2.24) is 0 Å². The molecule has 2 aromatic rings. The van der Waals surface area contributed by atoms with Crippen molar-refractivity contribution in [2.45, 2.75) is 38.7 Å². The first kappa shape index (κ1) is 15.2. The smallest absolute Gasteiger partial charge is 0.0881 e. The molecule has 0 radical (unpaired) electrons. The van der Waals surface area contributed by atoms with Crippen molar-refractivity contribution in [3.05, 3.63) is 57.3 Å². The Kier molecular flexibility index (Phi) is 4.97. The van der Waals surface area contributed by atoms with Crippen LogP contribution in [0.5, 0.6) is 0 Å². The van der Waals surface area contributed by atoms with Gasteiger partial charge in [0.1, 0.15) is 0 Å². The molecule has 2 nitrogen and oxygen atoms in total. The van der Waals surface area contributed by atoms with E-state index >= 15 is 0 Å². The molecule has 20 heavy (non-hydrogen) atoms. The maximum Gasteiger partial charge on any atom is 0.0881 e. The predicted molar refractivity (Wildman–Crippen MR) is 86.3 cm³/mol. The molecule has 0 bridgehead atoms. The number of aliphatic hydroxyl groups excluding tert-OH is 1. The molecule has 3 heteroatoms. The van der Waals surface area contributed by atoms with Gasteiger partial charge in [-0.3, -0.25) is 0 Å². The normalized spacial score (nSPS) is 14.5. The number of hydrogen-bond acceptors (Lipinski definition) is 3. The van der Waals surface area contributed by atoms with Gasteiger partial charge in [-0.1, -0.05) is 38.1 Å². The third-order valence-corrected chi connectivity index (χ3v) is 4.76. The first-order chi connectivity index (χ1) is 9.54. The van der Waals surface area contributed by atoms with Gasteiger partial charge < -0.3 is 10.8 Å². The fourth-order valence-corrected chi connectivity index (χ4v) is 3.35. The van der Waals surface area contributed by atoms with Crippen molar-refractivity contribution in [3.8, 4) is 0 Å². The summed E-state index contributed by atoms with van der Waals surface area (Å²) in [6.07, 6.45) is -0.531. The van der Waals surface area contributed by atoms with Gasteiger partial charge in [0.05, 0.1) is 6.10 Å². The zero-order valence-electron chi connectivity index (χ0n) is 12.3. The van der Waals surface area contributed by atoms with Crippen molar-refractivity contribution in [2.24, 2.45) is 5.73 Å². The highest BCUT2D eigenvalue weighted by Gasteiger charge is 2.23. The summed E-state index contributed by atoms with van der Waals surface area (Å²) in [5, 5.41) is 14.7. The monoisotopic (exact) mass is 289 g/mol. The van der Waals surface area contributed by atoms with E-state index in [0.717, 1.165) is 16.7 Å². The Morgan fingerprint density at radius 2 is 1.70 bits per heavy atom. The van der Waals surface area contributed by atoms with Gasteiger partial charge in [-0.05, 0) is 45.9 Å². The highest BCUT2D eigenvalue weighted by molar-refractivity contribution is 7.08. The largest absolute Gasteiger partial charge is 0.388 e. The minimum atomic E-state index is -0.531. The van der Waals surface area contributed by atoms with Crippen LogP contribution in [-0.2, 0) is 0 Å². The molecule has 2 rings (SSSR count). The van der Waals surface area contributed by atoms with E-state index < -0.39 is 6.10 Å². The summed E-state index contributed by atoms with van der Waals surface area (Å²) in [5.41, 5.74) is 10.5. The second kappa shape index (κ2) is 6.53. The van der Waals surface area contributed by atoms with Crippen LogP contribution in [0, 0.1) is 6.92 Å². The van der Waals surface area contributed by atoms with E-state index in [0.29, 0.717) is 12.5 Å². The summed E-state index contributed by atoms with van der Waals surface area (Å²) >= 11 is 1.62. The molecule has 1 aromatic heterocycles. The molecular formula is C17H23NOS. The van der Waals surface area contributed by atoms with E-state index in [9.17, 15) is 5.11 Å². The summed E-state index contributed by atoms with van der Waals surface area (Å²) in [6, 6.07) is 8.46. The Labute approximate surface area is 125 Å². The number of benzene rings is 1. The van der Waals surface area contributed by atoms with Gasteiger partial charge in [0.25, 0.3) is 0 Å². The molecule has 0 spiro atoms. The average Bonchev–Trinajstić information content (AvgIpc) is 2.86. The lowest BCUT2D eigenvalue weighted by molar-refractivity contribution is 0.147. The van der Waals surface area contributed by atoms with Gasteiger partial charge in [-0.15, -0.1) is 0 Å². The highest BCUT2D eigenvalue weighted by atomic mass is 32.1. The minimum absolute atomic E-state index is 0.0514. The van der Waals surface area contributed by atoms with Crippen LogP contribution >= 0.6 is 11.3 Å². The minimum Gasteiger partial charge on any atom is -0.388 e. The number of aryl methyl sites for hydroxylation is 1. The Hall–Kier alpha value is -1.16. The molecule has 0 aliphatic rings. The molecule has 0 aliphatic heterocycles. The van der Waals surface area contributed by atoms with E-state index in [1.54, 1.807) is 11.3 Å². The second-order valence-electron chi connectivity index (χ2n) is 5.62. The molecule has 0 amide bonds. The Bertz CT molecular complexity index is 544. The molecular weight excluding hydrogens is 266 g/mol. The molecule has 2 unspecified atom stereocenters. The van der Waals surface area contributed by atoms with E-state index in [2.05, 4.69) is 43.5 Å². The van der Waals surface area contributed by atoms with Gasteiger partial charge in [-0.25, -0.2) is 0 Å². The molecule has 0 aliphatic carbocycles. The molecule has 0 fully saturated rings. The topological polar surface area (TPSA) is 46.2 Å². The van der Waals surface area contributed by atoms with Crippen LogP contribution in [-0.4, -0.2) is 11.7 Å². The molecule has 2 atom stereocenters. The second-order valence-corrected chi connectivity index (χ2v) is 6.36. The van der Waals surface area contributed by atoms with E-state index in [4.69, 9.17) is 5.73 Å². The maximum atomic E-state index is 10.6. The number of rotatable bonds is 5. The van der Waals surface area contributed by atoms with Crippen LogP contribution in [0.2, 0.25) is 0 Å². The number of aliphatic hydroxyl groups is 1. The van der Waals surface area contributed by atoms with Crippen molar-refractivity contribution in [3.63, 3.8) is 0 Å². The van der Waals surface area contributed by atoms with Gasteiger partial charge >= 0.3 is 0 Å². The lowest BCUT2D eigenvalue weighted by Crippen LogP contribution is -2.20. The summed E-state index contributed by atoms with van der Waals surface area (Å²) < 4.78 is 0. The van der Waals surface area contributed by atoms with Crippen molar-refractivity contribution < 1.29 is 5.11 Å². The van der Waals surface area contributed by atoms with Crippen LogP contribution in [0.25, 0.3) is 0 Å². The lowest BCUT2D eigenvalue weighted by Gasteiger charge is -2.22. The first-order valence-electron chi connectivity index (χ1n) is 7.05. The summed E-state index contributed by atoms with van der Waals surface area (Å²) in [5.74, 6) is 0.467. The standard InChI is InChI=1S/C17H23NOS/c1-11(2)13-4-6-14(7-5-13)15(8-18)17(19)16-10-20-9-12(16)3/h4-7,9-11,15,17,19H,8,18H2,1-3H3. The van der Waals surface area contributed by atoms with Gasteiger partial charge in [0, 0.05) is 12.5 Å². The Morgan fingerprint density at radius 1 is 1.10 bits per heavy atom. The number of thiophene rings is 1. The third-order valence-electron chi connectivity index (χ3n) is 3.88. The fraction of sp³-hybridized carbons (Fsp3) is 0.412. The fourth-order valence-electron chi connectivity index (χ4n) is 2.47. The van der Waals surface area contributed by atoms with Crippen molar-refractivity contribution in [2.75, 3.05) is 6.54 Å². The van der Waals surface area contributed by atoms with Crippen LogP contribution in [0.1, 0.15) is 54.0 Å². The Balaban J connectivity index is 2.26. The van der Waals surface area contributed by atoms with Gasteiger partial charge in [0.2, 0.25) is 0 Å².